The minimum absolute atomic E-state index is 0.00466. The van der Waals surface area contributed by atoms with E-state index in [1.165, 1.54) is 4.90 Å². The largest absolute Gasteiger partial charge is 0.462 e. The van der Waals surface area contributed by atoms with Crippen LogP contribution in [0.1, 0.15) is 56.5 Å². The Morgan fingerprint density at radius 3 is 2.20 bits per heavy atom. The van der Waals surface area contributed by atoms with Gasteiger partial charge in [0.25, 0.3) is 0 Å². The number of amides is 1. The molecule has 1 atom stereocenters. The number of ketones is 1. The van der Waals surface area contributed by atoms with E-state index in [9.17, 15) is 19.2 Å². The Morgan fingerprint density at radius 2 is 1.55 bits per heavy atom. The fourth-order valence-electron chi connectivity index (χ4n) is 6.24. The first-order chi connectivity index (χ1) is 19.0. The summed E-state index contributed by atoms with van der Waals surface area (Å²) in [5.41, 5.74) is 7.41. The van der Waals surface area contributed by atoms with Crippen molar-refractivity contribution < 1.29 is 28.7 Å². The van der Waals surface area contributed by atoms with Gasteiger partial charge in [-0.15, -0.1) is 0 Å². The van der Waals surface area contributed by atoms with Crippen LogP contribution in [-0.4, -0.2) is 43.9 Å². The van der Waals surface area contributed by atoms with Crippen LogP contribution >= 0.6 is 0 Å². The Balaban J connectivity index is 1.84. The Labute approximate surface area is 233 Å². The van der Waals surface area contributed by atoms with Gasteiger partial charge < -0.3 is 20.1 Å². The molecule has 0 saturated carbocycles. The molecule has 9 heteroatoms. The number of carbonyl (C=O) groups excluding carboxylic acids is 4. The molecule has 2 aromatic rings. The van der Waals surface area contributed by atoms with Gasteiger partial charge in [0, 0.05) is 41.7 Å². The van der Waals surface area contributed by atoms with Crippen molar-refractivity contribution in [3.63, 3.8) is 0 Å². The number of rotatable bonds is 5. The van der Waals surface area contributed by atoms with Crippen LogP contribution in [0.15, 0.2) is 71.2 Å². The highest BCUT2D eigenvalue weighted by atomic mass is 16.5. The molecule has 0 radical (unpaired) electrons. The van der Waals surface area contributed by atoms with E-state index in [1.807, 2.05) is 13.8 Å². The molecule has 0 saturated heterocycles. The number of carbonyl (C=O) groups is 4. The second kappa shape index (κ2) is 9.66. The first-order valence-electron chi connectivity index (χ1n) is 13.4. The monoisotopic (exact) mass is 543 g/mol. The van der Waals surface area contributed by atoms with E-state index >= 15 is 0 Å². The lowest BCUT2D eigenvalue weighted by molar-refractivity contribution is -0.140. The predicted molar refractivity (Wildman–Crippen MR) is 149 cm³/mol. The van der Waals surface area contributed by atoms with Crippen molar-refractivity contribution in [1.29, 1.82) is 0 Å². The molecule has 40 heavy (non-hydrogen) atoms. The number of Topliss-reactive ketones (excluding diaryl/α,β-unsaturated/α-hetero) is 1. The lowest BCUT2D eigenvalue weighted by atomic mass is 9.60. The molecule has 0 bridgehead atoms. The van der Waals surface area contributed by atoms with E-state index in [-0.39, 0.29) is 42.4 Å². The van der Waals surface area contributed by atoms with E-state index in [0.29, 0.717) is 34.6 Å². The minimum Gasteiger partial charge on any atom is -0.462 e. The number of para-hydroxylation sites is 1. The molecule has 3 aliphatic rings. The van der Waals surface area contributed by atoms with Gasteiger partial charge in [-0.2, -0.15) is 0 Å². The van der Waals surface area contributed by atoms with Gasteiger partial charge in [-0.3, -0.25) is 14.5 Å². The average Bonchev–Trinajstić information content (AvgIpc) is 3.11. The Bertz CT molecular complexity index is 1500. The molecule has 2 N–H and O–H groups in total. The Hall–Kier alpha value is -4.40. The summed E-state index contributed by atoms with van der Waals surface area (Å²) in [4.78, 5) is 57.7. The normalized spacial score (nSPS) is 21.5. The molecule has 0 aromatic heterocycles. The van der Waals surface area contributed by atoms with E-state index in [0.717, 1.165) is 0 Å². The molecule has 5 rings (SSSR count). The number of likely N-dealkylation sites (N-methyl/N-ethyl adjacent to an activating group) is 1. The quantitative estimate of drug-likeness (QED) is 0.563. The zero-order chi connectivity index (χ0) is 29.0. The van der Waals surface area contributed by atoms with E-state index < -0.39 is 28.7 Å². The summed E-state index contributed by atoms with van der Waals surface area (Å²) >= 11 is 0. The second-order valence-corrected chi connectivity index (χ2v) is 11.0. The number of nitrogens with two attached hydrogens (primary N) is 1. The maximum atomic E-state index is 14.4. The average molecular weight is 544 g/mol. The van der Waals surface area contributed by atoms with E-state index in [4.69, 9.17) is 15.2 Å². The highest BCUT2D eigenvalue weighted by Gasteiger charge is 2.64. The standard InChI is InChI=1S/C31H33N3O6/c1-6-39-27(36)18-12-14-19(15-13-18)34-22-16-30(3,4)17-23(35)24(22)31(25(26(34)32)28(37)40-7-2)20-10-8-9-11-21(20)33(5)29(31)38/h8-15H,6-7,16-17,32H2,1-5H3. The summed E-state index contributed by atoms with van der Waals surface area (Å²) < 4.78 is 10.6. The first-order valence-corrected chi connectivity index (χ1v) is 13.4. The first kappa shape index (κ1) is 27.2. The topological polar surface area (TPSA) is 119 Å². The SMILES string of the molecule is CCOC(=O)C1=C(N)N(c2ccc(C(=O)OCC)cc2)C2=C(C(=O)CC(C)(C)C2)C12C(=O)N(C)c1ccccc12. The number of ether oxygens (including phenoxy) is 2. The molecular weight excluding hydrogens is 510 g/mol. The number of benzene rings is 2. The van der Waals surface area contributed by atoms with Crippen LogP contribution in [0.4, 0.5) is 11.4 Å². The van der Waals surface area contributed by atoms with Crippen LogP contribution in [0, 0.1) is 5.41 Å². The van der Waals surface area contributed by atoms with Gasteiger partial charge >= 0.3 is 11.9 Å². The number of fused-ring (bicyclic) bond motifs is 3. The fraction of sp³-hybridized carbons (Fsp3) is 0.355. The zero-order valence-electron chi connectivity index (χ0n) is 23.4. The van der Waals surface area contributed by atoms with Crippen molar-refractivity contribution in [1.82, 2.24) is 0 Å². The van der Waals surface area contributed by atoms with Crippen LogP contribution in [0.5, 0.6) is 0 Å². The van der Waals surface area contributed by atoms with Gasteiger partial charge in [0.05, 0.1) is 18.8 Å². The summed E-state index contributed by atoms with van der Waals surface area (Å²) in [6.45, 7) is 7.67. The Morgan fingerprint density at radius 1 is 0.925 bits per heavy atom. The maximum absolute atomic E-state index is 14.4. The van der Waals surface area contributed by atoms with Crippen molar-refractivity contribution >= 4 is 35.0 Å². The summed E-state index contributed by atoms with van der Waals surface area (Å²) in [7, 11) is 1.63. The predicted octanol–water partition coefficient (Wildman–Crippen LogP) is 3.97. The van der Waals surface area contributed by atoms with Crippen LogP contribution < -0.4 is 15.5 Å². The van der Waals surface area contributed by atoms with Gasteiger partial charge in [0.1, 0.15) is 16.8 Å². The molecule has 2 aromatic carbocycles. The molecule has 0 fully saturated rings. The Kier molecular flexibility index (Phi) is 6.56. The summed E-state index contributed by atoms with van der Waals surface area (Å²) in [5, 5.41) is 0. The number of anilines is 2. The summed E-state index contributed by atoms with van der Waals surface area (Å²) in [5.74, 6) is -1.89. The third-order valence-corrected chi connectivity index (χ3v) is 7.78. The number of nitrogens with zero attached hydrogens (tertiary/aromatic N) is 2. The number of hydrogen-bond donors (Lipinski definition) is 1. The van der Waals surface area contributed by atoms with Crippen molar-refractivity contribution in [2.45, 2.75) is 46.0 Å². The molecule has 1 spiro atoms. The molecule has 1 unspecified atom stereocenters. The number of allylic oxidation sites excluding steroid dienone is 1. The molecular formula is C31H33N3O6. The van der Waals surface area contributed by atoms with Crippen molar-refractivity contribution in [3.05, 3.63) is 82.3 Å². The number of hydrogen-bond acceptors (Lipinski definition) is 8. The van der Waals surface area contributed by atoms with Crippen molar-refractivity contribution in [2.24, 2.45) is 11.1 Å². The van der Waals surface area contributed by atoms with Crippen LogP contribution in [0.3, 0.4) is 0 Å². The summed E-state index contributed by atoms with van der Waals surface area (Å²) in [6, 6.07) is 13.7. The minimum atomic E-state index is -1.74. The van der Waals surface area contributed by atoms with Gasteiger partial charge in [-0.25, -0.2) is 9.59 Å². The third-order valence-electron chi connectivity index (χ3n) is 7.78. The van der Waals surface area contributed by atoms with Crippen LogP contribution in [0.25, 0.3) is 0 Å². The van der Waals surface area contributed by atoms with Crippen LogP contribution in [0.2, 0.25) is 0 Å². The maximum Gasteiger partial charge on any atom is 0.339 e. The lowest BCUT2D eigenvalue weighted by Crippen LogP contribution is -2.55. The number of esters is 2. The molecule has 9 nitrogen and oxygen atoms in total. The lowest BCUT2D eigenvalue weighted by Gasteiger charge is -2.47. The molecule has 1 aliphatic carbocycles. The fourth-order valence-corrected chi connectivity index (χ4v) is 6.24. The second-order valence-electron chi connectivity index (χ2n) is 11.0. The van der Waals surface area contributed by atoms with Crippen molar-refractivity contribution in [3.8, 4) is 0 Å². The highest BCUT2D eigenvalue weighted by Crippen LogP contribution is 2.58. The van der Waals surface area contributed by atoms with Gasteiger partial charge in [-0.05, 0) is 56.0 Å². The molecule has 2 heterocycles. The van der Waals surface area contributed by atoms with E-state index in [2.05, 4.69) is 0 Å². The van der Waals surface area contributed by atoms with Gasteiger partial charge in [0.2, 0.25) is 5.91 Å². The van der Waals surface area contributed by atoms with Crippen LogP contribution in [-0.2, 0) is 29.3 Å². The zero-order valence-corrected chi connectivity index (χ0v) is 23.4. The molecule has 1 amide bonds. The third kappa shape index (κ3) is 3.83. The van der Waals surface area contributed by atoms with Gasteiger partial charge in [0.15, 0.2) is 5.78 Å². The summed E-state index contributed by atoms with van der Waals surface area (Å²) in [6.07, 6.45) is 0.615. The van der Waals surface area contributed by atoms with Crippen molar-refractivity contribution in [2.75, 3.05) is 30.1 Å². The smallest absolute Gasteiger partial charge is 0.339 e. The van der Waals surface area contributed by atoms with Gasteiger partial charge in [-0.1, -0.05) is 32.0 Å². The van der Waals surface area contributed by atoms with E-state index in [1.54, 1.807) is 74.3 Å². The highest BCUT2D eigenvalue weighted by molar-refractivity contribution is 6.24. The molecule has 208 valence electrons. The molecule has 2 aliphatic heterocycles.